The lowest BCUT2D eigenvalue weighted by atomic mass is 10.1. The van der Waals surface area contributed by atoms with E-state index in [-0.39, 0.29) is 0 Å². The van der Waals surface area contributed by atoms with E-state index in [0.717, 1.165) is 25.1 Å². The Morgan fingerprint density at radius 1 is 1.56 bits per heavy atom. The fraction of sp³-hybridized carbons (Fsp3) is 0.571. The van der Waals surface area contributed by atoms with Gasteiger partial charge in [-0.05, 0) is 31.9 Å². The van der Waals surface area contributed by atoms with Crippen molar-refractivity contribution in [3.63, 3.8) is 0 Å². The number of aliphatic hydroxyl groups is 1. The molecule has 0 radical (unpaired) electrons. The van der Waals surface area contributed by atoms with Crippen LogP contribution in [0.15, 0.2) is 11.4 Å². The minimum Gasteiger partial charge on any atom is -0.396 e. The topological polar surface area (TPSA) is 49.5 Å². The number of hydrogen-bond donors (Lipinski definition) is 2. The zero-order chi connectivity index (χ0) is 12.8. The molecule has 0 amide bonds. The largest absolute Gasteiger partial charge is 0.396 e. The van der Waals surface area contributed by atoms with Crippen LogP contribution in [0.3, 0.4) is 0 Å². The average Bonchev–Trinajstić information content (AvgIpc) is 2.98. The molecule has 1 atom stereocenters. The van der Waals surface area contributed by atoms with Crippen LogP contribution in [0.25, 0.3) is 0 Å². The molecule has 0 bridgehead atoms. The summed E-state index contributed by atoms with van der Waals surface area (Å²) in [6, 6.07) is 2.71. The molecule has 0 spiro atoms. The van der Waals surface area contributed by atoms with E-state index in [1.807, 2.05) is 0 Å². The molecule has 1 fully saturated rings. The Labute approximate surface area is 113 Å². The molecule has 1 unspecified atom stereocenters. The van der Waals surface area contributed by atoms with Crippen LogP contribution in [0.5, 0.6) is 0 Å². The second kappa shape index (κ2) is 6.91. The number of rotatable bonds is 4. The van der Waals surface area contributed by atoms with Crippen molar-refractivity contribution in [1.82, 2.24) is 4.90 Å². The molecule has 3 N–H and O–H groups in total. The zero-order valence-electron chi connectivity index (χ0n) is 10.6. The lowest BCUT2D eigenvalue weighted by Gasteiger charge is -2.22. The van der Waals surface area contributed by atoms with Crippen molar-refractivity contribution in [2.75, 3.05) is 19.7 Å². The molecular weight excluding hydrogens is 244 g/mol. The van der Waals surface area contributed by atoms with Gasteiger partial charge in [-0.15, -0.1) is 11.3 Å². The Balaban J connectivity index is 1.94. The van der Waals surface area contributed by atoms with Crippen LogP contribution in [-0.2, 0) is 6.54 Å². The summed E-state index contributed by atoms with van der Waals surface area (Å²) < 4.78 is 0. The predicted molar refractivity (Wildman–Crippen MR) is 75.4 cm³/mol. The van der Waals surface area contributed by atoms with Crippen molar-refractivity contribution in [2.24, 2.45) is 5.73 Å². The number of hydrogen-bond acceptors (Lipinski definition) is 4. The third-order valence-corrected chi connectivity index (χ3v) is 4.23. The third-order valence-electron chi connectivity index (χ3n) is 3.31. The highest BCUT2D eigenvalue weighted by Crippen LogP contribution is 2.24. The standard InChI is InChI=1S/C14H20N2OS/c15-6-1-3-12-9-14(18-11-12)10-16-7-2-4-13(16)5-8-17/h9,11,13,17H,2,4-8,10,15H2. The minimum atomic E-state index is 0.291. The van der Waals surface area contributed by atoms with Crippen molar-refractivity contribution in [1.29, 1.82) is 0 Å². The van der Waals surface area contributed by atoms with Gasteiger partial charge in [0.2, 0.25) is 0 Å². The molecule has 3 nitrogen and oxygen atoms in total. The molecule has 1 saturated heterocycles. The highest BCUT2D eigenvalue weighted by atomic mass is 32.1. The number of nitrogens with two attached hydrogens (primary N) is 1. The van der Waals surface area contributed by atoms with Gasteiger partial charge in [-0.2, -0.15) is 0 Å². The average molecular weight is 264 g/mol. The molecule has 0 aromatic carbocycles. The smallest absolute Gasteiger partial charge is 0.0555 e. The quantitative estimate of drug-likeness (QED) is 0.808. The van der Waals surface area contributed by atoms with Gasteiger partial charge in [0.15, 0.2) is 0 Å². The zero-order valence-corrected chi connectivity index (χ0v) is 11.4. The van der Waals surface area contributed by atoms with Crippen molar-refractivity contribution in [3.8, 4) is 11.8 Å². The van der Waals surface area contributed by atoms with E-state index >= 15 is 0 Å². The van der Waals surface area contributed by atoms with Crippen molar-refractivity contribution >= 4 is 11.3 Å². The number of aliphatic hydroxyl groups excluding tert-OH is 1. The Morgan fingerprint density at radius 2 is 2.44 bits per heavy atom. The van der Waals surface area contributed by atoms with Gasteiger partial charge in [-0.1, -0.05) is 11.8 Å². The normalized spacial score (nSPS) is 19.8. The van der Waals surface area contributed by atoms with Gasteiger partial charge in [-0.25, -0.2) is 0 Å². The predicted octanol–water partition coefficient (Wildman–Crippen LogP) is 1.41. The van der Waals surface area contributed by atoms with Gasteiger partial charge >= 0.3 is 0 Å². The fourth-order valence-corrected chi connectivity index (χ4v) is 3.30. The van der Waals surface area contributed by atoms with Gasteiger partial charge in [0, 0.05) is 35.0 Å². The molecule has 2 rings (SSSR count). The second-order valence-corrected chi connectivity index (χ2v) is 5.58. The number of nitrogens with zero attached hydrogens (tertiary/aromatic N) is 1. The maximum atomic E-state index is 9.06. The van der Waals surface area contributed by atoms with Crippen LogP contribution in [0.1, 0.15) is 29.7 Å². The summed E-state index contributed by atoms with van der Waals surface area (Å²) in [7, 11) is 0. The summed E-state index contributed by atoms with van der Waals surface area (Å²) in [5, 5.41) is 11.1. The van der Waals surface area contributed by atoms with Crippen LogP contribution in [0.2, 0.25) is 0 Å². The first-order chi connectivity index (χ1) is 8.83. The molecular formula is C14H20N2OS. The van der Waals surface area contributed by atoms with Crippen LogP contribution >= 0.6 is 11.3 Å². The van der Waals surface area contributed by atoms with Crippen LogP contribution < -0.4 is 5.73 Å². The molecule has 1 aliphatic heterocycles. The Morgan fingerprint density at radius 3 is 3.22 bits per heavy atom. The van der Waals surface area contributed by atoms with Gasteiger partial charge in [0.05, 0.1) is 6.54 Å². The highest BCUT2D eigenvalue weighted by molar-refractivity contribution is 7.10. The summed E-state index contributed by atoms with van der Waals surface area (Å²) in [6.45, 7) is 2.83. The summed E-state index contributed by atoms with van der Waals surface area (Å²) in [4.78, 5) is 3.82. The molecule has 1 aliphatic rings. The van der Waals surface area contributed by atoms with Gasteiger partial charge in [0.25, 0.3) is 0 Å². The van der Waals surface area contributed by atoms with E-state index in [4.69, 9.17) is 10.8 Å². The van der Waals surface area contributed by atoms with Crippen LogP contribution in [-0.4, -0.2) is 35.7 Å². The van der Waals surface area contributed by atoms with E-state index in [0.29, 0.717) is 19.2 Å². The van der Waals surface area contributed by atoms with Gasteiger partial charge in [-0.3, -0.25) is 4.90 Å². The molecule has 0 aliphatic carbocycles. The first-order valence-corrected chi connectivity index (χ1v) is 7.32. The summed E-state index contributed by atoms with van der Waals surface area (Å²) in [5.74, 6) is 5.94. The van der Waals surface area contributed by atoms with Gasteiger partial charge < -0.3 is 10.8 Å². The Kier molecular flexibility index (Phi) is 5.21. The number of likely N-dealkylation sites (tertiary alicyclic amines) is 1. The first kappa shape index (κ1) is 13.6. The SMILES string of the molecule is NCC#Cc1csc(CN2CCCC2CCO)c1. The highest BCUT2D eigenvalue weighted by Gasteiger charge is 2.24. The Hall–Kier alpha value is -0.860. The molecule has 4 heteroatoms. The molecule has 2 heterocycles. The van der Waals surface area contributed by atoms with Crippen LogP contribution in [0, 0.1) is 11.8 Å². The first-order valence-electron chi connectivity index (χ1n) is 6.44. The van der Waals surface area contributed by atoms with E-state index < -0.39 is 0 Å². The van der Waals surface area contributed by atoms with Gasteiger partial charge in [0.1, 0.15) is 0 Å². The fourth-order valence-electron chi connectivity index (χ4n) is 2.46. The molecule has 0 saturated carbocycles. The minimum absolute atomic E-state index is 0.291. The Bertz CT molecular complexity index is 432. The number of thiophene rings is 1. The van der Waals surface area contributed by atoms with Crippen molar-refractivity contribution in [2.45, 2.75) is 31.8 Å². The molecule has 1 aromatic heterocycles. The molecule has 1 aromatic rings. The maximum absolute atomic E-state index is 9.06. The summed E-state index contributed by atoms with van der Waals surface area (Å²) in [6.07, 6.45) is 3.35. The third kappa shape index (κ3) is 3.56. The van der Waals surface area contributed by atoms with E-state index in [9.17, 15) is 0 Å². The maximum Gasteiger partial charge on any atom is 0.0555 e. The lowest BCUT2D eigenvalue weighted by molar-refractivity contribution is 0.191. The molecule has 18 heavy (non-hydrogen) atoms. The van der Waals surface area contributed by atoms with Crippen molar-refractivity contribution in [3.05, 3.63) is 21.9 Å². The van der Waals surface area contributed by atoms with Crippen molar-refractivity contribution < 1.29 is 5.11 Å². The summed E-state index contributed by atoms with van der Waals surface area (Å²) in [5.41, 5.74) is 6.43. The van der Waals surface area contributed by atoms with E-state index in [2.05, 4.69) is 28.2 Å². The molecule has 98 valence electrons. The van der Waals surface area contributed by atoms with E-state index in [1.54, 1.807) is 11.3 Å². The summed E-state index contributed by atoms with van der Waals surface area (Å²) >= 11 is 1.76. The van der Waals surface area contributed by atoms with Crippen LogP contribution in [0.4, 0.5) is 0 Å². The van der Waals surface area contributed by atoms with E-state index in [1.165, 1.54) is 17.7 Å². The second-order valence-electron chi connectivity index (χ2n) is 4.59. The lowest BCUT2D eigenvalue weighted by Crippen LogP contribution is -2.29. The monoisotopic (exact) mass is 264 g/mol.